The Morgan fingerprint density at radius 3 is 2.67 bits per heavy atom. The van der Waals surface area contributed by atoms with Crippen molar-refractivity contribution >= 4 is 5.69 Å². The third-order valence-corrected chi connectivity index (χ3v) is 2.29. The Morgan fingerprint density at radius 2 is 2.07 bits per heavy atom. The lowest BCUT2D eigenvalue weighted by molar-refractivity contribution is 0.210. The predicted molar refractivity (Wildman–Crippen MR) is 62.7 cm³/mol. The van der Waals surface area contributed by atoms with Gasteiger partial charge in [-0.2, -0.15) is 0 Å². The van der Waals surface area contributed by atoms with Crippen LogP contribution in [0.3, 0.4) is 0 Å². The predicted octanol–water partition coefficient (Wildman–Crippen LogP) is 2.32. The highest BCUT2D eigenvalue weighted by atomic mass is 16.5. The van der Waals surface area contributed by atoms with Gasteiger partial charge in [-0.25, -0.2) is 0 Å². The van der Waals surface area contributed by atoms with Gasteiger partial charge in [0.1, 0.15) is 5.75 Å². The van der Waals surface area contributed by atoms with Gasteiger partial charge in [-0.3, -0.25) is 0 Å². The van der Waals surface area contributed by atoms with Crippen LogP contribution in [0.5, 0.6) is 5.75 Å². The maximum Gasteiger partial charge on any atom is 0.141 e. The van der Waals surface area contributed by atoms with E-state index in [1.165, 1.54) is 5.56 Å². The van der Waals surface area contributed by atoms with Crippen molar-refractivity contribution in [2.24, 2.45) is 0 Å². The molecule has 0 bridgehead atoms. The molecular weight excluding hydrogens is 190 g/mol. The van der Waals surface area contributed by atoms with Crippen LogP contribution >= 0.6 is 0 Å². The fourth-order valence-electron chi connectivity index (χ4n) is 1.40. The van der Waals surface area contributed by atoms with E-state index in [0.717, 1.165) is 24.4 Å². The Balaban J connectivity index is 2.72. The number of rotatable bonds is 6. The summed E-state index contributed by atoms with van der Waals surface area (Å²) in [6, 6.07) is 6.20. The first-order valence-electron chi connectivity index (χ1n) is 5.21. The number of nitrogens with one attached hydrogen (secondary N) is 1. The summed E-state index contributed by atoms with van der Waals surface area (Å²) < 4.78 is 10.3. The quantitative estimate of drug-likeness (QED) is 0.729. The van der Waals surface area contributed by atoms with Gasteiger partial charge in [-0.1, -0.05) is 13.0 Å². The lowest BCUT2D eigenvalue weighted by Gasteiger charge is -2.12. The third kappa shape index (κ3) is 3.44. The van der Waals surface area contributed by atoms with Crippen LogP contribution in [0.2, 0.25) is 0 Å². The van der Waals surface area contributed by atoms with Gasteiger partial charge in [0.25, 0.3) is 0 Å². The largest absolute Gasteiger partial charge is 0.495 e. The number of methoxy groups -OCH3 is 2. The summed E-state index contributed by atoms with van der Waals surface area (Å²) in [6.45, 7) is 3.63. The molecule has 0 spiro atoms. The first-order valence-corrected chi connectivity index (χ1v) is 5.21. The van der Waals surface area contributed by atoms with Crippen molar-refractivity contribution in [2.45, 2.75) is 13.3 Å². The average molecular weight is 209 g/mol. The van der Waals surface area contributed by atoms with Gasteiger partial charge in [0.05, 0.1) is 19.4 Å². The van der Waals surface area contributed by atoms with E-state index < -0.39 is 0 Å². The van der Waals surface area contributed by atoms with Crippen LogP contribution < -0.4 is 10.1 Å². The van der Waals surface area contributed by atoms with Crippen LogP contribution in [0, 0.1) is 0 Å². The van der Waals surface area contributed by atoms with Crippen LogP contribution in [0.25, 0.3) is 0 Å². The molecule has 0 heterocycles. The van der Waals surface area contributed by atoms with Crippen molar-refractivity contribution in [3.8, 4) is 5.75 Å². The summed E-state index contributed by atoms with van der Waals surface area (Å²) in [7, 11) is 3.38. The monoisotopic (exact) mass is 209 g/mol. The number of anilines is 1. The van der Waals surface area contributed by atoms with Gasteiger partial charge in [0, 0.05) is 13.7 Å². The molecular formula is C12H19NO2. The fraction of sp³-hybridized carbons (Fsp3) is 0.500. The van der Waals surface area contributed by atoms with Gasteiger partial charge in [-0.05, 0) is 24.1 Å². The highest BCUT2D eigenvalue weighted by molar-refractivity contribution is 5.58. The number of ether oxygens (including phenoxy) is 2. The van der Waals surface area contributed by atoms with E-state index in [1.807, 2.05) is 6.07 Å². The Kier molecular flexibility index (Phi) is 4.98. The maximum absolute atomic E-state index is 5.27. The van der Waals surface area contributed by atoms with E-state index in [9.17, 15) is 0 Å². The van der Waals surface area contributed by atoms with Gasteiger partial charge in [0.15, 0.2) is 0 Å². The second-order valence-electron chi connectivity index (χ2n) is 3.31. The number of hydrogen-bond donors (Lipinski definition) is 1. The highest BCUT2D eigenvalue weighted by Crippen LogP contribution is 2.25. The first-order chi connectivity index (χ1) is 7.31. The van der Waals surface area contributed by atoms with E-state index in [1.54, 1.807) is 14.2 Å². The molecule has 0 atom stereocenters. The van der Waals surface area contributed by atoms with E-state index in [-0.39, 0.29) is 0 Å². The average Bonchev–Trinajstić information content (AvgIpc) is 2.29. The van der Waals surface area contributed by atoms with Crippen molar-refractivity contribution in [3.63, 3.8) is 0 Å². The van der Waals surface area contributed by atoms with E-state index in [0.29, 0.717) is 6.61 Å². The molecule has 1 N–H and O–H groups in total. The zero-order valence-electron chi connectivity index (χ0n) is 9.67. The second-order valence-corrected chi connectivity index (χ2v) is 3.31. The first kappa shape index (κ1) is 11.9. The molecule has 0 aliphatic heterocycles. The Hall–Kier alpha value is -1.22. The van der Waals surface area contributed by atoms with Crippen LogP contribution in [0.4, 0.5) is 5.69 Å². The molecule has 0 unspecified atom stereocenters. The summed E-state index contributed by atoms with van der Waals surface area (Å²) in [5.74, 6) is 0.878. The lowest BCUT2D eigenvalue weighted by Crippen LogP contribution is -2.08. The second kappa shape index (κ2) is 6.30. The minimum atomic E-state index is 0.694. The summed E-state index contributed by atoms with van der Waals surface area (Å²) >= 11 is 0. The molecule has 0 aliphatic carbocycles. The molecule has 0 saturated carbocycles. The Bertz CT molecular complexity index is 300. The molecule has 0 amide bonds. The molecule has 0 saturated heterocycles. The summed E-state index contributed by atoms with van der Waals surface area (Å²) in [5.41, 5.74) is 2.34. The summed E-state index contributed by atoms with van der Waals surface area (Å²) in [6.07, 6.45) is 1.03. The van der Waals surface area contributed by atoms with Crippen molar-refractivity contribution in [3.05, 3.63) is 23.8 Å². The highest BCUT2D eigenvalue weighted by Gasteiger charge is 2.02. The number of benzene rings is 1. The molecule has 0 aromatic heterocycles. The molecule has 1 aromatic rings. The normalized spacial score (nSPS) is 10.1. The minimum absolute atomic E-state index is 0.694. The van der Waals surface area contributed by atoms with Crippen molar-refractivity contribution in [1.82, 2.24) is 0 Å². The van der Waals surface area contributed by atoms with Gasteiger partial charge in [-0.15, -0.1) is 0 Å². The molecule has 3 heteroatoms. The van der Waals surface area contributed by atoms with E-state index in [2.05, 4.69) is 24.4 Å². The van der Waals surface area contributed by atoms with Gasteiger partial charge in [0.2, 0.25) is 0 Å². The molecule has 15 heavy (non-hydrogen) atoms. The smallest absolute Gasteiger partial charge is 0.141 e. The maximum atomic E-state index is 5.27. The Labute approximate surface area is 91.4 Å². The molecule has 84 valence electrons. The van der Waals surface area contributed by atoms with Crippen LogP contribution in [0.1, 0.15) is 12.5 Å². The van der Waals surface area contributed by atoms with Gasteiger partial charge < -0.3 is 14.8 Å². The summed E-state index contributed by atoms with van der Waals surface area (Å²) in [5, 5.41) is 3.29. The molecule has 0 radical (unpaired) electrons. The fourth-order valence-corrected chi connectivity index (χ4v) is 1.40. The van der Waals surface area contributed by atoms with Crippen LogP contribution in [0.15, 0.2) is 18.2 Å². The third-order valence-electron chi connectivity index (χ3n) is 2.29. The minimum Gasteiger partial charge on any atom is -0.495 e. The van der Waals surface area contributed by atoms with E-state index in [4.69, 9.17) is 9.47 Å². The number of aryl methyl sites for hydroxylation is 1. The standard InChI is InChI=1S/C12H19NO2/c1-4-10-5-6-12(15-3)11(9-10)13-7-8-14-2/h5-6,9,13H,4,7-8H2,1-3H3. The zero-order valence-corrected chi connectivity index (χ0v) is 9.67. The lowest BCUT2D eigenvalue weighted by atomic mass is 10.1. The zero-order chi connectivity index (χ0) is 11.1. The van der Waals surface area contributed by atoms with Gasteiger partial charge >= 0.3 is 0 Å². The van der Waals surface area contributed by atoms with Crippen molar-refractivity contribution < 1.29 is 9.47 Å². The van der Waals surface area contributed by atoms with E-state index >= 15 is 0 Å². The molecule has 0 aliphatic rings. The molecule has 1 rings (SSSR count). The van der Waals surface area contributed by atoms with Crippen molar-refractivity contribution in [2.75, 3.05) is 32.7 Å². The molecule has 0 fully saturated rings. The SMILES string of the molecule is CCc1ccc(OC)c(NCCOC)c1. The van der Waals surface area contributed by atoms with Crippen LogP contribution in [-0.2, 0) is 11.2 Å². The molecule has 3 nitrogen and oxygen atoms in total. The number of hydrogen-bond acceptors (Lipinski definition) is 3. The summed E-state index contributed by atoms with van der Waals surface area (Å²) in [4.78, 5) is 0. The van der Waals surface area contributed by atoms with Crippen molar-refractivity contribution in [1.29, 1.82) is 0 Å². The Morgan fingerprint density at radius 1 is 1.27 bits per heavy atom. The topological polar surface area (TPSA) is 30.5 Å². The van der Waals surface area contributed by atoms with Crippen LogP contribution in [-0.4, -0.2) is 27.4 Å². The molecule has 1 aromatic carbocycles.